The van der Waals surface area contributed by atoms with E-state index in [0.29, 0.717) is 0 Å². The zero-order valence-electron chi connectivity index (χ0n) is 13.0. The van der Waals surface area contributed by atoms with Crippen LogP contribution in [0.5, 0.6) is 5.75 Å². The number of ether oxygens (including phenoxy) is 1. The molecule has 0 aliphatic carbocycles. The highest BCUT2D eigenvalue weighted by Crippen LogP contribution is 2.26. The van der Waals surface area contributed by atoms with Crippen molar-refractivity contribution in [1.29, 1.82) is 0 Å². The van der Waals surface area contributed by atoms with Crippen LogP contribution in [0.4, 0.5) is 5.69 Å². The zero-order chi connectivity index (χ0) is 14.8. The van der Waals surface area contributed by atoms with Crippen LogP contribution in [0.25, 0.3) is 0 Å². The summed E-state index contributed by atoms with van der Waals surface area (Å²) in [6, 6.07) is 4.77. The molecule has 16 heavy (non-hydrogen) atoms. The Bertz CT molecular complexity index is 476. The second-order valence-electron chi connectivity index (χ2n) is 4.59. The van der Waals surface area contributed by atoms with Crippen molar-refractivity contribution in [2.75, 3.05) is 12.4 Å². The summed E-state index contributed by atoms with van der Waals surface area (Å²) in [7, 11) is 1.40. The molecule has 0 aromatic heterocycles. The summed E-state index contributed by atoms with van der Waals surface area (Å²) in [5, 5.41) is 2.65. The van der Waals surface area contributed by atoms with Gasteiger partial charge in [0.15, 0.2) is 0 Å². The maximum absolute atomic E-state index is 12.0. The van der Waals surface area contributed by atoms with Crippen LogP contribution in [-0.2, 0) is 4.79 Å². The van der Waals surface area contributed by atoms with E-state index in [2.05, 4.69) is 5.32 Å². The Morgan fingerprint density at radius 1 is 1.44 bits per heavy atom. The monoisotopic (exact) mass is 224 g/mol. The Kier molecular flexibility index (Phi) is 2.46. The second kappa shape index (κ2) is 4.56. The molecule has 0 saturated carbocycles. The van der Waals surface area contributed by atoms with Crippen molar-refractivity contribution in [2.24, 2.45) is 5.41 Å². The van der Waals surface area contributed by atoms with E-state index < -0.39 is 12.3 Å². The molecule has 0 atom stereocenters. The predicted molar refractivity (Wildman–Crippen MR) is 65.8 cm³/mol. The minimum absolute atomic E-state index is 0.0232. The van der Waals surface area contributed by atoms with Crippen LogP contribution in [0, 0.1) is 12.3 Å². The summed E-state index contributed by atoms with van der Waals surface area (Å²) in [5.74, 6) is -0.00189. The molecule has 3 nitrogen and oxygen atoms in total. The highest BCUT2D eigenvalue weighted by atomic mass is 16.5. The van der Waals surface area contributed by atoms with Crippen molar-refractivity contribution >= 4 is 11.6 Å². The molecule has 0 aliphatic rings. The minimum atomic E-state index is -2.35. The quantitative estimate of drug-likeness (QED) is 0.838. The maximum Gasteiger partial charge on any atom is 0.229 e. The molecule has 3 heteroatoms. The van der Waals surface area contributed by atoms with E-state index in [4.69, 9.17) is 8.85 Å². The van der Waals surface area contributed by atoms with Crippen LogP contribution in [-0.4, -0.2) is 13.0 Å². The van der Waals surface area contributed by atoms with Gasteiger partial charge >= 0.3 is 0 Å². The lowest BCUT2D eigenvalue weighted by Gasteiger charge is -2.19. The lowest BCUT2D eigenvalue weighted by atomic mass is 9.95. The second-order valence-corrected chi connectivity index (χ2v) is 4.59. The number of anilines is 1. The van der Waals surface area contributed by atoms with Gasteiger partial charge in [0.2, 0.25) is 5.91 Å². The number of amides is 1. The molecule has 1 aromatic rings. The fraction of sp³-hybridized carbons (Fsp3) is 0.462. The molecule has 1 amide bonds. The van der Waals surface area contributed by atoms with Gasteiger partial charge in [-0.3, -0.25) is 4.79 Å². The molecule has 0 radical (unpaired) electrons. The molecule has 0 saturated heterocycles. The first-order valence-electron chi connectivity index (χ1n) is 6.56. The molecular weight excluding hydrogens is 202 g/mol. The summed E-state index contributed by atoms with van der Waals surface area (Å²) in [4.78, 5) is 12.0. The first-order valence-corrected chi connectivity index (χ1v) is 5.06. The fourth-order valence-corrected chi connectivity index (χ4v) is 1.12. The van der Waals surface area contributed by atoms with E-state index in [0.717, 1.165) is 0 Å². The molecule has 1 aromatic carbocycles. The Hall–Kier alpha value is -1.51. The van der Waals surface area contributed by atoms with Gasteiger partial charge in [0.05, 0.1) is 7.11 Å². The van der Waals surface area contributed by atoms with Gasteiger partial charge in [-0.1, -0.05) is 26.8 Å². The zero-order valence-corrected chi connectivity index (χ0v) is 10.0. The lowest BCUT2D eigenvalue weighted by Crippen LogP contribution is -2.27. The summed E-state index contributed by atoms with van der Waals surface area (Å²) in [5.41, 5.74) is -0.316. The van der Waals surface area contributed by atoms with Gasteiger partial charge in [0, 0.05) is 20.8 Å². The molecule has 0 spiro atoms. The Labute approximate surface area is 101 Å². The van der Waals surface area contributed by atoms with Crippen molar-refractivity contribution in [1.82, 2.24) is 0 Å². The van der Waals surface area contributed by atoms with E-state index in [1.807, 2.05) is 0 Å². The Morgan fingerprint density at radius 3 is 2.62 bits per heavy atom. The largest absolute Gasteiger partial charge is 0.496 e. The number of hydrogen-bond donors (Lipinski definition) is 1. The van der Waals surface area contributed by atoms with Crippen molar-refractivity contribution < 1.29 is 13.6 Å². The highest BCUT2D eigenvalue weighted by molar-refractivity contribution is 5.95. The lowest BCUT2D eigenvalue weighted by molar-refractivity contribution is -0.123. The van der Waals surface area contributed by atoms with Crippen LogP contribution >= 0.6 is 0 Å². The van der Waals surface area contributed by atoms with Crippen molar-refractivity contribution in [3.63, 3.8) is 0 Å². The van der Waals surface area contributed by atoms with Gasteiger partial charge in [0.1, 0.15) is 5.75 Å². The van der Waals surface area contributed by atoms with Gasteiger partial charge in [-0.25, -0.2) is 0 Å². The van der Waals surface area contributed by atoms with Crippen molar-refractivity contribution in [3.05, 3.63) is 23.8 Å². The van der Waals surface area contributed by atoms with Crippen LogP contribution in [0.3, 0.4) is 0 Å². The average molecular weight is 224 g/mol. The number of benzene rings is 1. The molecule has 1 rings (SSSR count). The third-order valence-electron chi connectivity index (χ3n) is 2.18. The van der Waals surface area contributed by atoms with Crippen molar-refractivity contribution in [3.8, 4) is 5.75 Å². The van der Waals surface area contributed by atoms with Gasteiger partial charge in [0.25, 0.3) is 0 Å². The molecule has 0 heterocycles. The number of methoxy groups -OCH3 is 1. The third kappa shape index (κ3) is 2.75. The molecule has 0 fully saturated rings. The number of nitrogens with one attached hydrogen (secondary N) is 1. The molecule has 0 aliphatic heterocycles. The van der Waals surface area contributed by atoms with Crippen LogP contribution in [0.2, 0.25) is 0 Å². The normalized spacial score (nSPS) is 14.6. The summed E-state index contributed by atoms with van der Waals surface area (Å²) in [6.45, 7) is 2.93. The van der Waals surface area contributed by atoms with Crippen LogP contribution < -0.4 is 10.1 Å². The number of carbonyl (C=O) groups excluding carboxylic acids is 1. The Balaban J connectivity index is 3.25. The minimum Gasteiger partial charge on any atom is -0.496 e. The van der Waals surface area contributed by atoms with Gasteiger partial charge in [-0.2, -0.15) is 0 Å². The van der Waals surface area contributed by atoms with E-state index in [9.17, 15) is 4.79 Å². The van der Waals surface area contributed by atoms with Gasteiger partial charge in [-0.05, 0) is 19.0 Å². The van der Waals surface area contributed by atoms with Gasteiger partial charge < -0.3 is 10.1 Å². The highest BCUT2D eigenvalue weighted by Gasteiger charge is 2.21. The summed E-state index contributed by atoms with van der Waals surface area (Å²) in [6.07, 6.45) is 0. The smallest absolute Gasteiger partial charge is 0.229 e. The molecule has 88 valence electrons. The standard InChI is InChI=1S/C13H19NO2/c1-9-10(7-6-8-11(9)16-5)14-12(15)13(2,3)4/h6-8H,1-5H3,(H,14,15)/i1D3. The molecule has 0 unspecified atom stereocenters. The van der Waals surface area contributed by atoms with Crippen LogP contribution in [0.15, 0.2) is 18.2 Å². The maximum atomic E-state index is 12.0. The number of carbonyl (C=O) groups is 1. The first kappa shape index (κ1) is 8.62. The third-order valence-corrected chi connectivity index (χ3v) is 2.18. The fourth-order valence-electron chi connectivity index (χ4n) is 1.12. The number of hydrogen-bond acceptors (Lipinski definition) is 2. The van der Waals surface area contributed by atoms with E-state index in [-0.39, 0.29) is 22.9 Å². The van der Waals surface area contributed by atoms with E-state index in [1.54, 1.807) is 39.0 Å². The molecule has 1 N–H and O–H groups in total. The predicted octanol–water partition coefficient (Wildman–Crippen LogP) is 2.99. The SMILES string of the molecule is [2H]C([2H])([2H])c1c(NC(=O)C(C)(C)C)cccc1OC. The van der Waals surface area contributed by atoms with Gasteiger partial charge in [-0.15, -0.1) is 0 Å². The van der Waals surface area contributed by atoms with Crippen molar-refractivity contribution in [2.45, 2.75) is 27.6 Å². The summed E-state index contributed by atoms with van der Waals surface area (Å²) >= 11 is 0. The van der Waals surface area contributed by atoms with E-state index in [1.165, 1.54) is 7.11 Å². The van der Waals surface area contributed by atoms with E-state index >= 15 is 0 Å². The topological polar surface area (TPSA) is 38.3 Å². The molecular formula is C13H19NO2. The van der Waals surface area contributed by atoms with Crippen LogP contribution in [0.1, 0.15) is 30.4 Å². The first-order chi connectivity index (χ1) is 8.57. The molecule has 0 bridgehead atoms. The Morgan fingerprint density at radius 2 is 2.12 bits per heavy atom. The number of rotatable bonds is 2. The summed E-state index contributed by atoms with van der Waals surface area (Å²) < 4.78 is 27.7. The average Bonchev–Trinajstić information content (AvgIpc) is 2.25.